The summed E-state index contributed by atoms with van der Waals surface area (Å²) in [5.41, 5.74) is 0.829. The third-order valence-corrected chi connectivity index (χ3v) is 6.02. The zero-order chi connectivity index (χ0) is 21.5. The number of anilines is 1. The summed E-state index contributed by atoms with van der Waals surface area (Å²) in [6.07, 6.45) is -1.73. The number of alkyl halides is 2. The van der Waals surface area contributed by atoms with Gasteiger partial charge in [0.25, 0.3) is 6.43 Å². The normalized spacial score (nSPS) is 16.0. The molecule has 0 aliphatic carbocycles. The van der Waals surface area contributed by atoms with Crippen molar-refractivity contribution in [3.63, 3.8) is 0 Å². The molecule has 4 rings (SSSR count). The lowest BCUT2D eigenvalue weighted by Crippen LogP contribution is -2.46. The molecule has 2 aromatic heterocycles. The monoisotopic (exact) mass is 440 g/mol. The number of hydrogen-bond acceptors (Lipinski definition) is 7. The highest BCUT2D eigenvalue weighted by Gasteiger charge is 2.22. The van der Waals surface area contributed by atoms with Crippen LogP contribution in [0.2, 0.25) is 0 Å². The zero-order valence-corrected chi connectivity index (χ0v) is 16.9. The van der Waals surface area contributed by atoms with Crippen LogP contribution in [0.5, 0.6) is 0 Å². The Bertz CT molecular complexity index is 1180. The van der Waals surface area contributed by atoms with Gasteiger partial charge in [-0.05, 0) is 35.9 Å². The smallest absolute Gasteiger partial charge is 0.299 e. The van der Waals surface area contributed by atoms with Gasteiger partial charge in [-0.3, -0.25) is 4.90 Å². The van der Waals surface area contributed by atoms with E-state index in [2.05, 4.69) is 20.2 Å². The van der Waals surface area contributed by atoms with Crippen molar-refractivity contribution in [3.05, 3.63) is 47.5 Å². The zero-order valence-electron chi connectivity index (χ0n) is 16.0. The summed E-state index contributed by atoms with van der Waals surface area (Å²) in [5.74, 6) is -0.555. The van der Waals surface area contributed by atoms with Gasteiger partial charge in [-0.15, -0.1) is 15.3 Å². The fraction of sp³-hybridized carbons (Fsp3) is 0.389. The maximum Gasteiger partial charge on any atom is 0.299 e. The molecule has 1 saturated heterocycles. The molecule has 30 heavy (non-hydrogen) atoms. The highest BCUT2D eigenvalue weighted by Crippen LogP contribution is 2.21. The lowest BCUT2D eigenvalue weighted by Gasteiger charge is -2.35. The Kier molecular flexibility index (Phi) is 5.36. The van der Waals surface area contributed by atoms with Crippen LogP contribution in [0.25, 0.3) is 5.65 Å². The summed E-state index contributed by atoms with van der Waals surface area (Å²) in [6, 6.07) is 7.12. The molecule has 0 spiro atoms. The second kappa shape index (κ2) is 7.84. The van der Waals surface area contributed by atoms with Crippen molar-refractivity contribution in [2.24, 2.45) is 0 Å². The Hall–Kier alpha value is -2.73. The summed E-state index contributed by atoms with van der Waals surface area (Å²) in [4.78, 5) is 3.98. The van der Waals surface area contributed by atoms with E-state index in [1.54, 1.807) is 12.1 Å². The average Bonchev–Trinajstić information content (AvgIpc) is 3.11. The molecule has 0 amide bonds. The third-order valence-electron chi connectivity index (χ3n) is 4.93. The lowest BCUT2D eigenvalue weighted by atomic mass is 10.2. The number of halogens is 3. The molecule has 0 saturated carbocycles. The molecule has 0 atom stereocenters. The first kappa shape index (κ1) is 20.5. The van der Waals surface area contributed by atoms with E-state index in [9.17, 15) is 21.6 Å². The Morgan fingerprint density at radius 1 is 1.07 bits per heavy atom. The first-order chi connectivity index (χ1) is 14.2. The molecule has 12 heteroatoms. The molecule has 1 aliphatic heterocycles. The van der Waals surface area contributed by atoms with Crippen LogP contribution >= 0.6 is 0 Å². The topological polar surface area (TPSA) is 83.7 Å². The Balaban J connectivity index is 1.45. The molecule has 3 heterocycles. The van der Waals surface area contributed by atoms with Crippen molar-refractivity contribution in [2.75, 3.05) is 37.3 Å². The van der Waals surface area contributed by atoms with Crippen molar-refractivity contribution in [1.29, 1.82) is 0 Å². The maximum absolute atomic E-state index is 13.8. The van der Waals surface area contributed by atoms with Gasteiger partial charge in [0.15, 0.2) is 15.5 Å². The van der Waals surface area contributed by atoms with E-state index in [1.165, 1.54) is 12.1 Å². The van der Waals surface area contributed by atoms with Crippen molar-refractivity contribution in [3.8, 4) is 0 Å². The number of sulfone groups is 1. The Morgan fingerprint density at radius 2 is 1.80 bits per heavy atom. The summed E-state index contributed by atoms with van der Waals surface area (Å²) < 4.78 is 64.4. The summed E-state index contributed by atoms with van der Waals surface area (Å²) >= 11 is 0. The van der Waals surface area contributed by atoms with Crippen molar-refractivity contribution < 1.29 is 21.6 Å². The highest BCUT2D eigenvalue weighted by molar-refractivity contribution is 7.90. The SMILES string of the molecule is CS(=O)(=O)c1cc(F)cc(CN2CCN(c3ccc4nnc(C(F)F)n4n3)CC2)c1. The fourth-order valence-corrected chi connectivity index (χ4v) is 4.11. The van der Waals surface area contributed by atoms with E-state index in [1.807, 2.05) is 4.90 Å². The second-order valence-electron chi connectivity index (χ2n) is 7.15. The number of hydrogen-bond donors (Lipinski definition) is 0. The van der Waals surface area contributed by atoms with Crippen LogP contribution in [0.3, 0.4) is 0 Å². The van der Waals surface area contributed by atoms with Gasteiger partial charge in [0.05, 0.1) is 4.90 Å². The van der Waals surface area contributed by atoms with Crippen LogP contribution in [-0.4, -0.2) is 65.6 Å². The molecule has 0 N–H and O–H groups in total. The minimum Gasteiger partial charge on any atom is -0.353 e. The number of fused-ring (bicyclic) bond motifs is 1. The molecule has 0 unspecified atom stereocenters. The molecular weight excluding hydrogens is 421 g/mol. The third kappa shape index (κ3) is 4.24. The Morgan fingerprint density at radius 3 is 2.47 bits per heavy atom. The van der Waals surface area contributed by atoms with Gasteiger partial charge in [-0.25, -0.2) is 21.6 Å². The average molecular weight is 440 g/mol. The maximum atomic E-state index is 13.8. The first-order valence-corrected chi connectivity index (χ1v) is 11.1. The number of nitrogens with zero attached hydrogens (tertiary/aromatic N) is 6. The minimum atomic E-state index is -3.50. The largest absolute Gasteiger partial charge is 0.353 e. The minimum absolute atomic E-state index is 0.0441. The number of piperazine rings is 1. The van der Waals surface area contributed by atoms with Crippen LogP contribution in [0, 0.1) is 5.82 Å². The molecule has 1 fully saturated rings. The number of aromatic nitrogens is 4. The highest BCUT2D eigenvalue weighted by atomic mass is 32.2. The van der Waals surface area contributed by atoms with Gasteiger partial charge < -0.3 is 4.90 Å². The predicted octanol–water partition coefficient (Wildman–Crippen LogP) is 1.93. The summed E-state index contributed by atoms with van der Waals surface area (Å²) in [5, 5.41) is 11.4. The molecule has 0 bridgehead atoms. The van der Waals surface area contributed by atoms with Gasteiger partial charge in [-0.2, -0.15) is 4.52 Å². The fourth-order valence-electron chi connectivity index (χ4n) is 3.42. The van der Waals surface area contributed by atoms with E-state index >= 15 is 0 Å². The molecule has 160 valence electrons. The van der Waals surface area contributed by atoms with Crippen LogP contribution in [0.4, 0.5) is 19.0 Å². The van der Waals surface area contributed by atoms with E-state index in [0.29, 0.717) is 44.1 Å². The standard InChI is InChI=1S/C18H19F3N6O2S/c1-30(28,29)14-9-12(8-13(19)10-14)11-25-4-6-26(7-5-25)16-3-2-15-22-23-18(17(20)21)27(15)24-16/h2-3,8-10,17H,4-7,11H2,1H3. The van der Waals surface area contributed by atoms with Gasteiger partial charge in [0.2, 0.25) is 5.82 Å². The molecular formula is C18H19F3N6O2S. The number of rotatable bonds is 5. The van der Waals surface area contributed by atoms with Crippen LogP contribution in [0.15, 0.2) is 35.2 Å². The molecule has 8 nitrogen and oxygen atoms in total. The van der Waals surface area contributed by atoms with E-state index in [0.717, 1.165) is 16.8 Å². The van der Waals surface area contributed by atoms with Crippen LogP contribution in [0.1, 0.15) is 17.8 Å². The van der Waals surface area contributed by atoms with Gasteiger partial charge in [-0.1, -0.05) is 0 Å². The van der Waals surface area contributed by atoms with E-state index in [-0.39, 0.29) is 10.5 Å². The lowest BCUT2D eigenvalue weighted by molar-refractivity contribution is 0.137. The van der Waals surface area contributed by atoms with Crippen LogP contribution < -0.4 is 4.90 Å². The number of benzene rings is 1. The van der Waals surface area contributed by atoms with Crippen molar-refractivity contribution >= 4 is 21.3 Å². The van der Waals surface area contributed by atoms with Gasteiger partial charge >= 0.3 is 0 Å². The predicted molar refractivity (Wildman–Crippen MR) is 103 cm³/mol. The molecule has 0 radical (unpaired) electrons. The summed E-state index contributed by atoms with van der Waals surface area (Å²) in [6.45, 7) is 2.81. The first-order valence-electron chi connectivity index (χ1n) is 9.18. The Labute approximate surface area is 170 Å². The van der Waals surface area contributed by atoms with Gasteiger partial charge in [0, 0.05) is 39.0 Å². The second-order valence-corrected chi connectivity index (χ2v) is 9.17. The van der Waals surface area contributed by atoms with Crippen molar-refractivity contribution in [1.82, 2.24) is 24.7 Å². The molecule has 1 aromatic carbocycles. The van der Waals surface area contributed by atoms with Crippen molar-refractivity contribution in [2.45, 2.75) is 17.9 Å². The van der Waals surface area contributed by atoms with E-state index < -0.39 is 27.9 Å². The molecule has 1 aliphatic rings. The van der Waals surface area contributed by atoms with E-state index in [4.69, 9.17) is 0 Å². The van der Waals surface area contributed by atoms with Crippen LogP contribution in [-0.2, 0) is 16.4 Å². The quantitative estimate of drug-likeness (QED) is 0.600. The summed E-state index contributed by atoms with van der Waals surface area (Å²) in [7, 11) is -3.50. The van der Waals surface area contributed by atoms with Gasteiger partial charge in [0.1, 0.15) is 11.6 Å². The molecule has 3 aromatic rings.